The van der Waals surface area contributed by atoms with Gasteiger partial charge in [-0.15, -0.1) is 0 Å². The molecule has 0 bridgehead atoms. The zero-order chi connectivity index (χ0) is 11.3. The number of benzene rings is 1. The third-order valence-corrected chi connectivity index (χ3v) is 2.28. The lowest BCUT2D eigenvalue weighted by Crippen LogP contribution is -2.03. The van der Waals surface area contributed by atoms with Crippen LogP contribution in [-0.4, -0.2) is 13.3 Å². The first-order valence-electron chi connectivity index (χ1n) is 5.18. The normalized spacial score (nSPS) is 10.4. The van der Waals surface area contributed by atoms with E-state index in [-0.39, 0.29) is 6.67 Å². The van der Waals surface area contributed by atoms with Gasteiger partial charge in [0.2, 0.25) is 0 Å². The fourth-order valence-electron chi connectivity index (χ4n) is 1.61. The molecule has 0 amide bonds. The molecule has 1 aromatic carbocycles. The molecule has 0 fully saturated rings. The van der Waals surface area contributed by atoms with Gasteiger partial charge in [-0.2, -0.15) is 0 Å². The largest absolute Gasteiger partial charge is 0.493 e. The van der Waals surface area contributed by atoms with Crippen LogP contribution in [0.1, 0.15) is 23.1 Å². The first-order chi connectivity index (χ1) is 7.19. The van der Waals surface area contributed by atoms with Gasteiger partial charge in [0, 0.05) is 13.0 Å². The van der Waals surface area contributed by atoms with Crippen LogP contribution in [0, 0.1) is 13.8 Å². The Hall–Kier alpha value is -1.09. The Balaban J connectivity index is 2.79. The second-order valence-corrected chi connectivity index (χ2v) is 3.65. The molecule has 0 radical (unpaired) electrons. The number of hydrogen-bond acceptors (Lipinski definition) is 2. The van der Waals surface area contributed by atoms with Crippen LogP contribution in [0.2, 0.25) is 0 Å². The van der Waals surface area contributed by atoms with Crippen molar-refractivity contribution in [2.75, 3.05) is 13.3 Å². The van der Waals surface area contributed by atoms with Crippen molar-refractivity contribution in [3.05, 3.63) is 28.8 Å². The zero-order valence-corrected chi connectivity index (χ0v) is 9.35. The highest BCUT2D eigenvalue weighted by Gasteiger charge is 2.05. The van der Waals surface area contributed by atoms with Crippen LogP contribution in [0.3, 0.4) is 0 Å². The van der Waals surface area contributed by atoms with Crippen molar-refractivity contribution in [1.29, 1.82) is 0 Å². The molecule has 15 heavy (non-hydrogen) atoms. The Bertz CT molecular complexity index is 302. The quantitative estimate of drug-likeness (QED) is 0.759. The van der Waals surface area contributed by atoms with Gasteiger partial charge in [-0.05, 0) is 30.5 Å². The van der Waals surface area contributed by atoms with E-state index in [2.05, 4.69) is 0 Å². The van der Waals surface area contributed by atoms with E-state index < -0.39 is 0 Å². The van der Waals surface area contributed by atoms with Crippen molar-refractivity contribution >= 4 is 0 Å². The van der Waals surface area contributed by atoms with Crippen molar-refractivity contribution in [2.45, 2.75) is 26.8 Å². The summed E-state index contributed by atoms with van der Waals surface area (Å²) in [5.74, 6) is 0.862. The molecule has 0 aromatic heterocycles. The summed E-state index contributed by atoms with van der Waals surface area (Å²) >= 11 is 0. The fraction of sp³-hybridized carbons (Fsp3) is 0.500. The number of ether oxygens (including phenoxy) is 1. The van der Waals surface area contributed by atoms with Crippen LogP contribution in [0.25, 0.3) is 0 Å². The maximum Gasteiger partial charge on any atom is 0.125 e. The van der Waals surface area contributed by atoms with E-state index in [1.54, 1.807) is 0 Å². The van der Waals surface area contributed by atoms with E-state index in [1.165, 1.54) is 0 Å². The predicted molar refractivity (Wildman–Crippen MR) is 59.9 cm³/mol. The first kappa shape index (κ1) is 12.0. The molecule has 0 aliphatic heterocycles. The minimum absolute atomic E-state index is 0.334. The van der Waals surface area contributed by atoms with E-state index in [0.717, 1.165) is 22.4 Å². The second-order valence-electron chi connectivity index (χ2n) is 3.65. The molecule has 0 heterocycles. The Kier molecular flexibility index (Phi) is 4.56. The number of alkyl halides is 1. The molecule has 0 saturated carbocycles. The molecular formula is C12H18FNO. The third kappa shape index (κ3) is 3.20. The van der Waals surface area contributed by atoms with Crippen LogP contribution in [0.4, 0.5) is 4.39 Å². The zero-order valence-electron chi connectivity index (χ0n) is 9.35. The summed E-state index contributed by atoms with van der Waals surface area (Å²) in [7, 11) is 0. The van der Waals surface area contributed by atoms with Crippen LogP contribution in [0.15, 0.2) is 12.1 Å². The summed E-state index contributed by atoms with van der Waals surface area (Å²) in [6, 6.07) is 4.02. The van der Waals surface area contributed by atoms with Crippen molar-refractivity contribution in [2.24, 2.45) is 5.73 Å². The summed E-state index contributed by atoms with van der Waals surface area (Å²) in [4.78, 5) is 0. The highest BCUT2D eigenvalue weighted by Crippen LogP contribution is 2.24. The van der Waals surface area contributed by atoms with E-state index in [1.807, 2.05) is 26.0 Å². The number of halogens is 1. The molecule has 0 atom stereocenters. The molecule has 3 heteroatoms. The van der Waals surface area contributed by atoms with Crippen molar-refractivity contribution in [1.82, 2.24) is 0 Å². The monoisotopic (exact) mass is 211 g/mol. The fourth-order valence-corrected chi connectivity index (χ4v) is 1.61. The lowest BCUT2D eigenvalue weighted by Gasteiger charge is -2.13. The summed E-state index contributed by atoms with van der Waals surface area (Å²) < 4.78 is 17.4. The highest BCUT2D eigenvalue weighted by atomic mass is 19.1. The molecule has 0 spiro atoms. The van der Waals surface area contributed by atoms with E-state index in [4.69, 9.17) is 10.5 Å². The molecule has 84 valence electrons. The van der Waals surface area contributed by atoms with Gasteiger partial charge < -0.3 is 10.5 Å². The summed E-state index contributed by atoms with van der Waals surface area (Å²) in [5, 5.41) is 0. The van der Waals surface area contributed by atoms with Gasteiger partial charge in [0.1, 0.15) is 5.75 Å². The molecular weight excluding hydrogens is 193 g/mol. The van der Waals surface area contributed by atoms with Crippen molar-refractivity contribution < 1.29 is 9.13 Å². The topological polar surface area (TPSA) is 35.2 Å². The van der Waals surface area contributed by atoms with Gasteiger partial charge in [0.15, 0.2) is 0 Å². The van der Waals surface area contributed by atoms with E-state index in [0.29, 0.717) is 19.6 Å². The lowest BCUT2D eigenvalue weighted by atomic mass is 10.1. The standard InChI is InChI=1S/C12H18FNO/c1-9-6-11(8-14)7-10(2)12(9)15-5-3-4-13/h6-7H,3-5,8,14H2,1-2H3. The SMILES string of the molecule is Cc1cc(CN)cc(C)c1OCCCF. The maximum absolute atomic E-state index is 11.9. The van der Waals surface area contributed by atoms with E-state index >= 15 is 0 Å². The molecule has 0 unspecified atom stereocenters. The van der Waals surface area contributed by atoms with Crippen LogP contribution < -0.4 is 10.5 Å². The van der Waals surface area contributed by atoms with Gasteiger partial charge >= 0.3 is 0 Å². The number of rotatable bonds is 5. The van der Waals surface area contributed by atoms with Crippen LogP contribution >= 0.6 is 0 Å². The average Bonchev–Trinajstić information content (AvgIpc) is 2.22. The van der Waals surface area contributed by atoms with Crippen LogP contribution in [-0.2, 0) is 6.54 Å². The number of nitrogens with two attached hydrogens (primary N) is 1. The van der Waals surface area contributed by atoms with Crippen molar-refractivity contribution in [3.63, 3.8) is 0 Å². The molecule has 0 saturated heterocycles. The Labute approximate surface area is 90.2 Å². The molecule has 1 rings (SSSR count). The van der Waals surface area contributed by atoms with Crippen molar-refractivity contribution in [3.8, 4) is 5.75 Å². The van der Waals surface area contributed by atoms with E-state index in [9.17, 15) is 4.39 Å². The van der Waals surface area contributed by atoms with Gasteiger partial charge in [-0.1, -0.05) is 12.1 Å². The number of hydrogen-bond donors (Lipinski definition) is 1. The number of aryl methyl sites for hydroxylation is 2. The third-order valence-electron chi connectivity index (χ3n) is 2.28. The minimum atomic E-state index is -0.334. The van der Waals surface area contributed by atoms with Gasteiger partial charge in [-0.25, -0.2) is 0 Å². The smallest absolute Gasteiger partial charge is 0.125 e. The van der Waals surface area contributed by atoms with Gasteiger partial charge in [-0.3, -0.25) is 4.39 Å². The van der Waals surface area contributed by atoms with Gasteiger partial charge in [0.25, 0.3) is 0 Å². The Morgan fingerprint density at radius 1 is 1.27 bits per heavy atom. The summed E-state index contributed by atoms with van der Waals surface area (Å²) in [6.45, 7) is 4.60. The minimum Gasteiger partial charge on any atom is -0.493 e. The van der Waals surface area contributed by atoms with Crippen LogP contribution in [0.5, 0.6) is 5.75 Å². The predicted octanol–water partition coefficient (Wildman–Crippen LogP) is 2.50. The summed E-state index contributed by atoms with van der Waals surface area (Å²) in [6.07, 6.45) is 0.442. The molecule has 0 aliphatic carbocycles. The average molecular weight is 211 g/mol. The molecule has 2 nitrogen and oxygen atoms in total. The van der Waals surface area contributed by atoms with Gasteiger partial charge in [0.05, 0.1) is 13.3 Å². The maximum atomic E-state index is 11.9. The summed E-state index contributed by atoms with van der Waals surface area (Å²) in [5.41, 5.74) is 8.80. The Morgan fingerprint density at radius 3 is 2.33 bits per heavy atom. The molecule has 1 aromatic rings. The highest BCUT2D eigenvalue weighted by molar-refractivity contribution is 5.43. The second kappa shape index (κ2) is 5.71. The lowest BCUT2D eigenvalue weighted by molar-refractivity contribution is 0.286. The molecule has 0 aliphatic rings. The Morgan fingerprint density at radius 2 is 1.87 bits per heavy atom. The first-order valence-corrected chi connectivity index (χ1v) is 5.18. The molecule has 2 N–H and O–H groups in total.